The molecule has 1 N–H and O–H groups in total. The second-order valence-corrected chi connectivity index (χ2v) is 4.82. The zero-order valence-corrected chi connectivity index (χ0v) is 12.4. The maximum Gasteiger partial charge on any atom is 0.259 e. The molecule has 0 aliphatic rings. The van der Waals surface area contributed by atoms with Gasteiger partial charge < -0.3 is 14.7 Å². The molecule has 0 unspecified atom stereocenters. The monoisotopic (exact) mass is 299 g/mol. The fraction of sp³-hybridized carbons (Fsp3) is 0.188. The summed E-state index contributed by atoms with van der Waals surface area (Å²) in [5, 5.41) is 3.81. The number of hydrogen-bond donors (Lipinski definition) is 1. The van der Waals surface area contributed by atoms with Crippen molar-refractivity contribution in [3.63, 3.8) is 0 Å². The van der Waals surface area contributed by atoms with Crippen LogP contribution in [0.25, 0.3) is 0 Å². The maximum absolute atomic E-state index is 12.0. The minimum absolute atomic E-state index is 0.0413. The summed E-state index contributed by atoms with van der Waals surface area (Å²) in [6.45, 7) is 0.311. The van der Waals surface area contributed by atoms with Gasteiger partial charge in [-0.25, -0.2) is 0 Å². The molecular weight excluding hydrogens is 282 g/mol. The average Bonchev–Trinajstić information content (AvgIpc) is 2.52. The summed E-state index contributed by atoms with van der Waals surface area (Å²) in [5.74, 6) is -0.383. The first-order valence-electron chi connectivity index (χ1n) is 6.72. The number of benzene rings is 1. The molecule has 0 aliphatic carbocycles. The third-order valence-electron chi connectivity index (χ3n) is 2.94. The quantitative estimate of drug-likeness (QED) is 0.673. The van der Waals surface area contributed by atoms with E-state index in [0.29, 0.717) is 12.3 Å². The Labute approximate surface area is 128 Å². The molecule has 0 atom stereocenters. The third kappa shape index (κ3) is 3.82. The average molecular weight is 299 g/mol. The lowest BCUT2D eigenvalue weighted by Crippen LogP contribution is -2.29. The van der Waals surface area contributed by atoms with Gasteiger partial charge >= 0.3 is 0 Å². The van der Waals surface area contributed by atoms with Gasteiger partial charge in [0.2, 0.25) is 0 Å². The largest absolute Gasteiger partial charge is 0.391 e. The van der Waals surface area contributed by atoms with Gasteiger partial charge in [-0.15, -0.1) is 0 Å². The summed E-state index contributed by atoms with van der Waals surface area (Å²) in [5.41, 5.74) is 0.978. The van der Waals surface area contributed by atoms with E-state index in [-0.39, 0.29) is 16.9 Å². The summed E-state index contributed by atoms with van der Waals surface area (Å²) in [7, 11) is 3.17. The lowest BCUT2D eigenvalue weighted by Gasteiger charge is -2.11. The van der Waals surface area contributed by atoms with Crippen LogP contribution in [0.5, 0.6) is 0 Å². The molecule has 1 heterocycles. The second-order valence-electron chi connectivity index (χ2n) is 4.82. The normalized spacial score (nSPS) is 10.6. The van der Waals surface area contributed by atoms with Crippen molar-refractivity contribution in [2.24, 2.45) is 5.16 Å². The summed E-state index contributed by atoms with van der Waals surface area (Å²) in [4.78, 5) is 33.3. The van der Waals surface area contributed by atoms with Crippen LogP contribution in [-0.2, 0) is 11.4 Å². The van der Waals surface area contributed by atoms with Crippen LogP contribution >= 0.6 is 0 Å². The number of nitrogens with one attached hydrogen (secondary N) is 1. The molecule has 0 saturated carbocycles. The number of aromatic amines is 1. The number of hydrogen-bond acceptors (Lipinski definition) is 4. The minimum Gasteiger partial charge on any atom is -0.391 e. The van der Waals surface area contributed by atoms with Gasteiger partial charge in [0, 0.05) is 26.4 Å². The highest BCUT2D eigenvalue weighted by atomic mass is 16.6. The molecule has 2 rings (SSSR count). The van der Waals surface area contributed by atoms with Gasteiger partial charge in [-0.1, -0.05) is 35.5 Å². The van der Waals surface area contributed by atoms with E-state index in [2.05, 4.69) is 10.1 Å². The zero-order valence-electron chi connectivity index (χ0n) is 12.4. The van der Waals surface area contributed by atoms with Crippen LogP contribution in [0.15, 0.2) is 52.5 Å². The van der Waals surface area contributed by atoms with E-state index in [9.17, 15) is 9.59 Å². The molecule has 1 aromatic carbocycles. The highest BCUT2D eigenvalue weighted by molar-refractivity contribution is 6.00. The Kier molecular flexibility index (Phi) is 5.08. The van der Waals surface area contributed by atoms with Crippen LogP contribution in [-0.4, -0.2) is 36.1 Å². The summed E-state index contributed by atoms with van der Waals surface area (Å²) >= 11 is 0. The Morgan fingerprint density at radius 1 is 1.27 bits per heavy atom. The summed E-state index contributed by atoms with van der Waals surface area (Å²) < 4.78 is 0. The maximum atomic E-state index is 12.0. The Morgan fingerprint density at radius 3 is 2.68 bits per heavy atom. The fourth-order valence-electron chi connectivity index (χ4n) is 1.82. The van der Waals surface area contributed by atoms with E-state index in [1.54, 1.807) is 14.1 Å². The Bertz CT molecular complexity index is 721. The molecule has 0 spiro atoms. The van der Waals surface area contributed by atoms with E-state index in [4.69, 9.17) is 4.84 Å². The van der Waals surface area contributed by atoms with Crippen molar-refractivity contribution in [3.05, 3.63) is 69.6 Å². The Hall–Kier alpha value is -2.89. The van der Waals surface area contributed by atoms with E-state index in [1.807, 2.05) is 30.3 Å². The van der Waals surface area contributed by atoms with Gasteiger partial charge in [-0.3, -0.25) is 9.59 Å². The van der Waals surface area contributed by atoms with E-state index < -0.39 is 0 Å². The number of nitrogens with zero attached hydrogens (tertiary/aromatic N) is 2. The van der Waals surface area contributed by atoms with Crippen LogP contribution in [0, 0.1) is 0 Å². The van der Waals surface area contributed by atoms with Gasteiger partial charge in [0.15, 0.2) is 5.43 Å². The van der Waals surface area contributed by atoms with Gasteiger partial charge in [0.25, 0.3) is 5.91 Å². The first-order valence-corrected chi connectivity index (χ1v) is 6.72. The summed E-state index contributed by atoms with van der Waals surface area (Å²) in [6.07, 6.45) is 2.80. The Balaban J connectivity index is 2.12. The van der Waals surface area contributed by atoms with E-state index in [0.717, 1.165) is 5.56 Å². The molecule has 114 valence electrons. The molecule has 1 amide bonds. The van der Waals surface area contributed by atoms with Crippen LogP contribution in [0.3, 0.4) is 0 Å². The zero-order chi connectivity index (χ0) is 15.9. The number of carbonyl (C=O) groups is 1. The van der Waals surface area contributed by atoms with Crippen molar-refractivity contribution in [1.29, 1.82) is 0 Å². The number of rotatable bonds is 5. The van der Waals surface area contributed by atoms with Crippen molar-refractivity contribution in [2.45, 2.75) is 6.61 Å². The van der Waals surface area contributed by atoms with Crippen molar-refractivity contribution in [1.82, 2.24) is 9.88 Å². The van der Waals surface area contributed by atoms with Crippen molar-refractivity contribution >= 4 is 12.1 Å². The third-order valence-corrected chi connectivity index (χ3v) is 2.94. The molecular formula is C16H17N3O3. The number of oxime groups is 1. The first kappa shape index (κ1) is 15.5. The molecule has 0 radical (unpaired) electrons. The van der Waals surface area contributed by atoms with Gasteiger partial charge in [-0.2, -0.15) is 0 Å². The molecule has 0 aliphatic heterocycles. The van der Waals surface area contributed by atoms with Gasteiger partial charge in [-0.05, 0) is 5.56 Å². The van der Waals surface area contributed by atoms with Crippen molar-refractivity contribution < 1.29 is 9.63 Å². The molecule has 0 fully saturated rings. The molecule has 0 bridgehead atoms. The standard InChI is InChI=1S/C16H17N3O3/c1-19(2)16(21)15-13(17-9-8-14(15)20)10-18-22-11-12-6-4-3-5-7-12/h3-10H,11H2,1-2H3,(H,17,20). The number of pyridine rings is 1. The lowest BCUT2D eigenvalue weighted by molar-refractivity contribution is 0.0825. The minimum atomic E-state index is -0.383. The van der Waals surface area contributed by atoms with Crippen LogP contribution < -0.4 is 5.43 Å². The molecule has 22 heavy (non-hydrogen) atoms. The predicted octanol–water partition coefficient (Wildman–Crippen LogP) is 1.63. The highest BCUT2D eigenvalue weighted by Gasteiger charge is 2.16. The molecule has 2 aromatic rings. The fourth-order valence-corrected chi connectivity index (χ4v) is 1.82. The number of carbonyl (C=O) groups excluding carboxylic acids is 1. The molecule has 1 aromatic heterocycles. The van der Waals surface area contributed by atoms with Crippen LogP contribution in [0.2, 0.25) is 0 Å². The van der Waals surface area contributed by atoms with Gasteiger partial charge in [0.05, 0.1) is 11.9 Å². The van der Waals surface area contributed by atoms with E-state index >= 15 is 0 Å². The second kappa shape index (κ2) is 7.21. The molecule has 6 heteroatoms. The predicted molar refractivity (Wildman–Crippen MR) is 83.9 cm³/mol. The van der Waals surface area contributed by atoms with Crippen LogP contribution in [0.4, 0.5) is 0 Å². The molecule has 0 saturated heterocycles. The van der Waals surface area contributed by atoms with Crippen molar-refractivity contribution in [3.8, 4) is 0 Å². The lowest BCUT2D eigenvalue weighted by atomic mass is 10.1. The van der Waals surface area contributed by atoms with Crippen molar-refractivity contribution in [2.75, 3.05) is 14.1 Å². The Morgan fingerprint density at radius 2 is 2.00 bits per heavy atom. The SMILES string of the molecule is CN(C)C(=O)c1c(C=NOCc2ccccc2)[nH]ccc1=O. The topological polar surface area (TPSA) is 74.8 Å². The number of amides is 1. The van der Waals surface area contributed by atoms with Crippen LogP contribution in [0.1, 0.15) is 21.6 Å². The number of aromatic nitrogens is 1. The summed E-state index contributed by atoms with van der Waals surface area (Å²) in [6, 6.07) is 10.9. The van der Waals surface area contributed by atoms with Gasteiger partial charge in [0.1, 0.15) is 12.2 Å². The molecule has 6 nitrogen and oxygen atoms in total. The van der Waals surface area contributed by atoms with E-state index in [1.165, 1.54) is 23.4 Å². The number of H-pyrrole nitrogens is 1. The first-order chi connectivity index (χ1) is 10.6. The smallest absolute Gasteiger partial charge is 0.259 e. The highest BCUT2D eigenvalue weighted by Crippen LogP contribution is 2.03.